The molecule has 0 aliphatic carbocycles. The van der Waals surface area contributed by atoms with Crippen LogP contribution in [0.25, 0.3) is 0 Å². The highest BCUT2D eigenvalue weighted by Gasteiger charge is 2.47. The molecule has 2 aromatic carbocycles. The molecular formula is C23H25Cl2NO5. The fourth-order valence-electron chi connectivity index (χ4n) is 4.13. The smallest absolute Gasteiger partial charge is 0.306 e. The first kappa shape index (κ1) is 23.5. The number of hydrogen-bond acceptors (Lipinski definition) is 4. The monoisotopic (exact) mass is 465 g/mol. The number of ether oxygens (including phenoxy) is 1. The minimum absolute atomic E-state index is 0.464. The number of morpholine rings is 1. The van der Waals surface area contributed by atoms with E-state index in [1.165, 1.54) is 0 Å². The molecule has 0 spiro atoms. The van der Waals surface area contributed by atoms with Gasteiger partial charge in [0.25, 0.3) is 5.91 Å². The number of hydrogen-bond donors (Lipinski definition) is 2. The number of carboxylic acids is 1. The minimum Gasteiger partial charge on any atom is -0.481 e. The molecule has 0 aromatic heterocycles. The molecule has 1 amide bonds. The van der Waals surface area contributed by atoms with E-state index in [1.54, 1.807) is 54.3 Å². The van der Waals surface area contributed by atoms with Crippen molar-refractivity contribution in [3.63, 3.8) is 0 Å². The van der Waals surface area contributed by atoms with E-state index in [0.717, 1.165) is 5.56 Å². The van der Waals surface area contributed by atoms with Crippen LogP contribution in [0.4, 0.5) is 0 Å². The standard InChI is InChI=1S/C23H25Cl2NO5/c1-3-18(13(2)27)26-21(14-7-9-16(24)10-8-14)22(15-5-4-6-17(25)11-15)31-19(23(26)30)12-20(28)29/h4-11,13,18-19,21-22,27H,3,12H2,1-2H3,(H,28,29)/t13?,18-,19+,21+,22+/m0/s1. The largest absolute Gasteiger partial charge is 0.481 e. The lowest BCUT2D eigenvalue weighted by atomic mass is 9.88. The molecule has 1 fully saturated rings. The summed E-state index contributed by atoms with van der Waals surface area (Å²) in [5.74, 6) is -1.61. The molecule has 5 atom stereocenters. The quantitative estimate of drug-likeness (QED) is 0.621. The van der Waals surface area contributed by atoms with Gasteiger partial charge in [-0.25, -0.2) is 0 Å². The lowest BCUT2D eigenvalue weighted by molar-refractivity contribution is -0.187. The van der Waals surface area contributed by atoms with Gasteiger partial charge in [-0.3, -0.25) is 9.59 Å². The molecular weight excluding hydrogens is 441 g/mol. The van der Waals surface area contributed by atoms with Gasteiger partial charge in [0, 0.05) is 10.0 Å². The number of carbonyl (C=O) groups excluding carboxylic acids is 1. The van der Waals surface area contributed by atoms with Gasteiger partial charge >= 0.3 is 5.97 Å². The molecule has 6 nitrogen and oxygen atoms in total. The zero-order valence-electron chi connectivity index (χ0n) is 17.2. The van der Waals surface area contributed by atoms with Crippen molar-refractivity contribution in [3.8, 4) is 0 Å². The van der Waals surface area contributed by atoms with E-state index in [4.69, 9.17) is 27.9 Å². The van der Waals surface area contributed by atoms with E-state index in [1.807, 2.05) is 13.0 Å². The van der Waals surface area contributed by atoms with Crippen LogP contribution in [0.5, 0.6) is 0 Å². The van der Waals surface area contributed by atoms with Crippen LogP contribution in [0, 0.1) is 0 Å². The van der Waals surface area contributed by atoms with Gasteiger partial charge in [0.15, 0.2) is 0 Å². The zero-order chi connectivity index (χ0) is 22.7. The maximum Gasteiger partial charge on any atom is 0.306 e. The zero-order valence-corrected chi connectivity index (χ0v) is 18.8. The predicted octanol–water partition coefficient (Wildman–Crippen LogP) is 4.64. The van der Waals surface area contributed by atoms with Gasteiger partial charge < -0.3 is 19.8 Å². The van der Waals surface area contributed by atoms with E-state index < -0.39 is 48.7 Å². The number of rotatable bonds is 7. The topological polar surface area (TPSA) is 87.1 Å². The summed E-state index contributed by atoms with van der Waals surface area (Å²) >= 11 is 12.3. The molecule has 1 heterocycles. The lowest BCUT2D eigenvalue weighted by Crippen LogP contribution is -2.57. The third kappa shape index (κ3) is 5.21. The predicted molar refractivity (Wildman–Crippen MR) is 118 cm³/mol. The first-order chi connectivity index (χ1) is 14.7. The van der Waals surface area contributed by atoms with E-state index in [0.29, 0.717) is 22.0 Å². The third-order valence-corrected chi connectivity index (χ3v) is 6.00. The van der Waals surface area contributed by atoms with Gasteiger partial charge in [-0.15, -0.1) is 0 Å². The van der Waals surface area contributed by atoms with Crippen LogP contribution in [-0.2, 0) is 14.3 Å². The fourth-order valence-corrected chi connectivity index (χ4v) is 4.46. The molecule has 31 heavy (non-hydrogen) atoms. The first-order valence-corrected chi connectivity index (χ1v) is 10.9. The highest BCUT2D eigenvalue weighted by atomic mass is 35.5. The molecule has 1 unspecified atom stereocenters. The summed E-state index contributed by atoms with van der Waals surface area (Å²) in [6.45, 7) is 3.50. The second kappa shape index (κ2) is 10.0. The van der Waals surface area contributed by atoms with Crippen LogP contribution in [0.15, 0.2) is 48.5 Å². The molecule has 0 bridgehead atoms. The van der Waals surface area contributed by atoms with Gasteiger partial charge in [-0.05, 0) is 48.7 Å². The van der Waals surface area contributed by atoms with Crippen molar-refractivity contribution in [2.45, 2.75) is 57.1 Å². The van der Waals surface area contributed by atoms with Crippen LogP contribution in [0.1, 0.15) is 50.0 Å². The second-order valence-corrected chi connectivity index (χ2v) is 8.53. The van der Waals surface area contributed by atoms with E-state index in [2.05, 4.69) is 0 Å². The SMILES string of the molecule is CC[C@@H](C(C)O)N1C(=O)[C@@H](CC(=O)O)O[C@H](c2cccc(Cl)c2)[C@H]1c1ccc(Cl)cc1. The van der Waals surface area contributed by atoms with Gasteiger partial charge in [0.1, 0.15) is 12.2 Å². The summed E-state index contributed by atoms with van der Waals surface area (Å²) in [5.41, 5.74) is 1.47. The highest BCUT2D eigenvalue weighted by Crippen LogP contribution is 2.45. The summed E-state index contributed by atoms with van der Waals surface area (Å²) < 4.78 is 6.11. The molecule has 0 saturated carbocycles. The Hall–Kier alpha value is -2.12. The Morgan fingerprint density at radius 1 is 1.13 bits per heavy atom. The number of amides is 1. The number of halogens is 2. The maximum absolute atomic E-state index is 13.4. The number of aliphatic hydroxyl groups excluding tert-OH is 1. The van der Waals surface area contributed by atoms with Crippen LogP contribution in [0.2, 0.25) is 10.0 Å². The Morgan fingerprint density at radius 3 is 2.35 bits per heavy atom. The number of aliphatic hydroxyl groups is 1. The summed E-state index contributed by atoms with van der Waals surface area (Å²) in [6, 6.07) is 13.0. The van der Waals surface area contributed by atoms with Gasteiger partial charge in [-0.2, -0.15) is 0 Å². The molecule has 1 saturated heterocycles. The van der Waals surface area contributed by atoms with E-state index >= 15 is 0 Å². The number of aliphatic carboxylic acids is 1. The van der Waals surface area contributed by atoms with Crippen LogP contribution in [-0.4, -0.2) is 45.2 Å². The van der Waals surface area contributed by atoms with E-state index in [-0.39, 0.29) is 0 Å². The molecule has 8 heteroatoms. The Bertz CT molecular complexity index is 934. The molecule has 2 N–H and O–H groups in total. The van der Waals surface area contributed by atoms with E-state index in [9.17, 15) is 19.8 Å². The van der Waals surface area contributed by atoms with Crippen LogP contribution >= 0.6 is 23.2 Å². The average molecular weight is 466 g/mol. The molecule has 1 aliphatic rings. The number of carboxylic acid groups (broad SMARTS) is 1. The Balaban J connectivity index is 2.19. The second-order valence-electron chi connectivity index (χ2n) is 7.66. The fraction of sp³-hybridized carbons (Fsp3) is 0.391. The van der Waals surface area contributed by atoms with Gasteiger partial charge in [-0.1, -0.05) is 54.4 Å². The lowest BCUT2D eigenvalue weighted by Gasteiger charge is -2.48. The maximum atomic E-state index is 13.4. The summed E-state index contributed by atoms with van der Waals surface area (Å²) in [4.78, 5) is 26.5. The number of benzene rings is 2. The molecule has 2 aromatic rings. The third-order valence-electron chi connectivity index (χ3n) is 5.51. The molecule has 166 valence electrons. The average Bonchev–Trinajstić information content (AvgIpc) is 2.71. The Kier molecular flexibility index (Phi) is 7.59. The Labute approximate surface area is 191 Å². The minimum atomic E-state index is -1.18. The Morgan fingerprint density at radius 2 is 1.81 bits per heavy atom. The number of nitrogens with zero attached hydrogens (tertiary/aromatic N) is 1. The highest BCUT2D eigenvalue weighted by molar-refractivity contribution is 6.30. The van der Waals surface area contributed by atoms with Crippen molar-refractivity contribution < 1.29 is 24.5 Å². The normalized spacial score (nSPS) is 23.5. The summed E-state index contributed by atoms with van der Waals surface area (Å²) in [7, 11) is 0. The van der Waals surface area contributed by atoms with Crippen molar-refractivity contribution >= 4 is 35.1 Å². The van der Waals surface area contributed by atoms with Crippen LogP contribution in [0.3, 0.4) is 0 Å². The van der Waals surface area contributed by atoms with Crippen molar-refractivity contribution in [3.05, 3.63) is 69.7 Å². The molecule has 1 aliphatic heterocycles. The van der Waals surface area contributed by atoms with Gasteiger partial charge in [0.05, 0.1) is 24.6 Å². The number of carbonyl (C=O) groups is 2. The van der Waals surface area contributed by atoms with Crippen molar-refractivity contribution in [2.24, 2.45) is 0 Å². The summed E-state index contributed by atoms with van der Waals surface area (Å²) in [6.07, 6.45) is -2.69. The van der Waals surface area contributed by atoms with Crippen molar-refractivity contribution in [2.75, 3.05) is 0 Å². The molecule has 3 rings (SSSR count). The van der Waals surface area contributed by atoms with Crippen molar-refractivity contribution in [1.29, 1.82) is 0 Å². The summed E-state index contributed by atoms with van der Waals surface area (Å²) in [5, 5.41) is 20.9. The first-order valence-electron chi connectivity index (χ1n) is 10.1. The van der Waals surface area contributed by atoms with Gasteiger partial charge in [0.2, 0.25) is 0 Å². The van der Waals surface area contributed by atoms with Crippen molar-refractivity contribution in [1.82, 2.24) is 4.90 Å². The van der Waals surface area contributed by atoms with Crippen LogP contribution < -0.4 is 0 Å². The molecule has 0 radical (unpaired) electrons.